The van der Waals surface area contributed by atoms with Crippen molar-refractivity contribution in [1.82, 2.24) is 0 Å². The summed E-state index contributed by atoms with van der Waals surface area (Å²) in [5.41, 5.74) is 4.28. The van der Waals surface area contributed by atoms with Crippen LogP contribution in [0.3, 0.4) is 0 Å². The lowest BCUT2D eigenvalue weighted by Crippen LogP contribution is -2.19. The lowest BCUT2D eigenvalue weighted by Gasteiger charge is -2.16. The van der Waals surface area contributed by atoms with Gasteiger partial charge < -0.3 is 10.5 Å². The fraction of sp³-hybridized carbons (Fsp3) is 0.462. The van der Waals surface area contributed by atoms with Crippen molar-refractivity contribution in [1.29, 1.82) is 0 Å². The summed E-state index contributed by atoms with van der Waals surface area (Å²) in [5.74, 6) is -2.74. The van der Waals surface area contributed by atoms with Crippen LogP contribution in [0.2, 0.25) is 0 Å². The van der Waals surface area contributed by atoms with Gasteiger partial charge in [0.15, 0.2) is 5.82 Å². The second-order valence-electron chi connectivity index (χ2n) is 4.67. The molecule has 1 rings (SSSR count). The number of anilines is 1. The van der Waals surface area contributed by atoms with Crippen molar-refractivity contribution in [2.75, 3.05) is 5.73 Å². The summed E-state index contributed by atoms with van der Waals surface area (Å²) in [6.45, 7) is 5.61. The van der Waals surface area contributed by atoms with Crippen LogP contribution in [0.5, 0.6) is 0 Å². The Bertz CT molecular complexity index is 447. The zero-order valence-electron chi connectivity index (χ0n) is 10.7. The van der Waals surface area contributed by atoms with Gasteiger partial charge in [0.05, 0.1) is 11.8 Å². The van der Waals surface area contributed by atoms with Gasteiger partial charge in [0.25, 0.3) is 0 Å². The maximum absolute atomic E-state index is 13.6. The molecule has 0 heterocycles. The third-order valence-electron chi connectivity index (χ3n) is 2.44. The van der Waals surface area contributed by atoms with Crippen LogP contribution in [0.1, 0.15) is 37.6 Å². The molecule has 18 heavy (non-hydrogen) atoms. The molecular weight excluding hydrogens is 240 g/mol. The Labute approximate surface area is 105 Å². The SMILES string of the molecule is CC(C)CC(C)OC(=O)c1c(F)ccc(N)c1F. The fourth-order valence-corrected chi connectivity index (χ4v) is 1.71. The normalized spacial score (nSPS) is 12.6. The molecule has 0 spiro atoms. The Balaban J connectivity index is 2.88. The number of nitrogens with two attached hydrogens (primary N) is 1. The number of ether oxygens (including phenoxy) is 1. The average molecular weight is 257 g/mol. The van der Waals surface area contributed by atoms with Crippen LogP contribution in [-0.2, 0) is 4.74 Å². The number of benzene rings is 1. The highest BCUT2D eigenvalue weighted by atomic mass is 19.1. The van der Waals surface area contributed by atoms with E-state index < -0.39 is 29.3 Å². The van der Waals surface area contributed by atoms with Crippen LogP contribution in [0.15, 0.2) is 12.1 Å². The molecule has 100 valence electrons. The predicted molar refractivity (Wildman–Crippen MR) is 65.1 cm³/mol. The van der Waals surface area contributed by atoms with Gasteiger partial charge in [-0.05, 0) is 31.4 Å². The number of hydrogen-bond donors (Lipinski definition) is 1. The molecule has 0 aliphatic carbocycles. The van der Waals surface area contributed by atoms with E-state index in [2.05, 4.69) is 0 Å². The maximum atomic E-state index is 13.6. The largest absolute Gasteiger partial charge is 0.459 e. The number of esters is 1. The Morgan fingerprint density at radius 2 is 1.94 bits per heavy atom. The minimum Gasteiger partial charge on any atom is -0.459 e. The standard InChI is InChI=1S/C13H17F2NO2/c1-7(2)6-8(3)18-13(17)11-9(14)4-5-10(16)12(11)15/h4-5,7-8H,6,16H2,1-3H3. The van der Waals surface area contributed by atoms with E-state index in [-0.39, 0.29) is 5.69 Å². The zero-order chi connectivity index (χ0) is 13.9. The van der Waals surface area contributed by atoms with Crippen LogP contribution >= 0.6 is 0 Å². The number of carbonyl (C=O) groups excluding carboxylic acids is 1. The van der Waals surface area contributed by atoms with Crippen molar-refractivity contribution in [3.63, 3.8) is 0 Å². The van der Waals surface area contributed by atoms with Crippen LogP contribution < -0.4 is 5.73 Å². The van der Waals surface area contributed by atoms with Gasteiger partial charge in [-0.2, -0.15) is 0 Å². The first-order chi connectivity index (χ1) is 8.32. The van der Waals surface area contributed by atoms with Crippen LogP contribution in [0, 0.1) is 17.6 Å². The Kier molecular flexibility index (Phi) is 4.64. The monoisotopic (exact) mass is 257 g/mol. The summed E-state index contributed by atoms with van der Waals surface area (Å²) in [6, 6.07) is 2.01. The zero-order valence-corrected chi connectivity index (χ0v) is 10.7. The molecule has 1 aromatic carbocycles. The van der Waals surface area contributed by atoms with Crippen LogP contribution in [-0.4, -0.2) is 12.1 Å². The summed E-state index contributed by atoms with van der Waals surface area (Å²) >= 11 is 0. The summed E-state index contributed by atoms with van der Waals surface area (Å²) in [4.78, 5) is 11.7. The Morgan fingerprint density at radius 1 is 1.33 bits per heavy atom. The van der Waals surface area contributed by atoms with E-state index in [4.69, 9.17) is 10.5 Å². The second kappa shape index (κ2) is 5.80. The number of hydrogen-bond acceptors (Lipinski definition) is 3. The van der Waals surface area contributed by atoms with Crippen molar-refractivity contribution in [2.45, 2.75) is 33.3 Å². The smallest absolute Gasteiger partial charge is 0.344 e. The quantitative estimate of drug-likeness (QED) is 0.666. The maximum Gasteiger partial charge on any atom is 0.344 e. The molecule has 0 aliphatic rings. The molecule has 0 aliphatic heterocycles. The third-order valence-corrected chi connectivity index (χ3v) is 2.44. The molecule has 0 fully saturated rings. The average Bonchev–Trinajstić information content (AvgIpc) is 2.22. The lowest BCUT2D eigenvalue weighted by molar-refractivity contribution is 0.0289. The molecule has 1 unspecified atom stereocenters. The molecule has 2 N–H and O–H groups in total. The van der Waals surface area contributed by atoms with Crippen molar-refractivity contribution < 1.29 is 18.3 Å². The van der Waals surface area contributed by atoms with Crippen LogP contribution in [0.25, 0.3) is 0 Å². The van der Waals surface area contributed by atoms with Crippen molar-refractivity contribution in [2.24, 2.45) is 5.92 Å². The van der Waals surface area contributed by atoms with Gasteiger partial charge >= 0.3 is 5.97 Å². The summed E-state index contributed by atoms with van der Waals surface area (Å²) in [6.07, 6.45) is 0.217. The molecule has 3 nitrogen and oxygen atoms in total. The molecule has 1 aromatic rings. The molecule has 0 amide bonds. The van der Waals surface area contributed by atoms with Gasteiger partial charge in [0, 0.05) is 0 Å². The molecule has 1 atom stereocenters. The topological polar surface area (TPSA) is 52.3 Å². The highest BCUT2D eigenvalue weighted by molar-refractivity contribution is 5.91. The van der Waals surface area contributed by atoms with Gasteiger partial charge in [0.1, 0.15) is 11.4 Å². The highest BCUT2D eigenvalue weighted by Crippen LogP contribution is 2.20. The lowest BCUT2D eigenvalue weighted by atomic mass is 10.1. The van der Waals surface area contributed by atoms with Crippen molar-refractivity contribution >= 4 is 11.7 Å². The van der Waals surface area contributed by atoms with E-state index in [1.807, 2.05) is 13.8 Å². The van der Waals surface area contributed by atoms with E-state index in [9.17, 15) is 13.6 Å². The summed E-state index contributed by atoms with van der Waals surface area (Å²) < 4.78 is 31.9. The minimum absolute atomic E-state index is 0.278. The van der Waals surface area contributed by atoms with Crippen molar-refractivity contribution in [3.8, 4) is 0 Å². The van der Waals surface area contributed by atoms with Gasteiger partial charge in [-0.1, -0.05) is 13.8 Å². The molecule has 0 bridgehead atoms. The third kappa shape index (κ3) is 3.42. The van der Waals surface area contributed by atoms with E-state index in [0.29, 0.717) is 12.3 Å². The number of rotatable bonds is 4. The van der Waals surface area contributed by atoms with Gasteiger partial charge in [-0.3, -0.25) is 0 Å². The molecule has 0 aromatic heterocycles. The van der Waals surface area contributed by atoms with E-state index in [1.54, 1.807) is 6.92 Å². The molecule has 0 saturated carbocycles. The molecule has 5 heteroatoms. The second-order valence-corrected chi connectivity index (χ2v) is 4.67. The summed E-state index contributed by atoms with van der Waals surface area (Å²) in [5, 5.41) is 0. The van der Waals surface area contributed by atoms with Crippen LogP contribution in [0.4, 0.5) is 14.5 Å². The van der Waals surface area contributed by atoms with Gasteiger partial charge in [-0.25, -0.2) is 13.6 Å². The summed E-state index contributed by atoms with van der Waals surface area (Å²) in [7, 11) is 0. The van der Waals surface area contributed by atoms with E-state index >= 15 is 0 Å². The van der Waals surface area contributed by atoms with Crippen molar-refractivity contribution in [3.05, 3.63) is 29.3 Å². The first kappa shape index (κ1) is 14.4. The molecular formula is C13H17F2NO2. The fourth-order valence-electron chi connectivity index (χ4n) is 1.71. The van der Waals surface area contributed by atoms with Gasteiger partial charge in [-0.15, -0.1) is 0 Å². The predicted octanol–water partition coefficient (Wildman–Crippen LogP) is 3.14. The number of nitrogen functional groups attached to an aromatic ring is 1. The van der Waals surface area contributed by atoms with E-state index in [1.165, 1.54) is 0 Å². The van der Waals surface area contributed by atoms with Gasteiger partial charge in [0.2, 0.25) is 0 Å². The molecule has 0 saturated heterocycles. The highest BCUT2D eigenvalue weighted by Gasteiger charge is 2.22. The van der Waals surface area contributed by atoms with E-state index in [0.717, 1.165) is 12.1 Å². The minimum atomic E-state index is -1.07. The first-order valence-corrected chi connectivity index (χ1v) is 5.77. The first-order valence-electron chi connectivity index (χ1n) is 5.77. The Hall–Kier alpha value is -1.65. The molecule has 0 radical (unpaired) electrons. The number of halogens is 2. The number of carbonyl (C=O) groups is 1. The Morgan fingerprint density at radius 3 is 2.50 bits per heavy atom.